The van der Waals surface area contributed by atoms with Crippen LogP contribution in [0.3, 0.4) is 0 Å². The van der Waals surface area contributed by atoms with Crippen LogP contribution < -0.4 is 10.1 Å². The first-order valence-corrected chi connectivity index (χ1v) is 8.27. The van der Waals surface area contributed by atoms with Crippen LogP contribution in [0.5, 0.6) is 5.75 Å². The van der Waals surface area contributed by atoms with E-state index in [1.165, 1.54) is 0 Å². The number of methoxy groups -OCH3 is 1. The number of ether oxygens (including phenoxy) is 1. The predicted octanol–water partition coefficient (Wildman–Crippen LogP) is 4.30. The highest BCUT2D eigenvalue weighted by Crippen LogP contribution is 2.27. The van der Waals surface area contributed by atoms with Crippen LogP contribution in [0.15, 0.2) is 47.4 Å². The van der Waals surface area contributed by atoms with Crippen molar-refractivity contribution in [2.75, 3.05) is 18.2 Å². The van der Waals surface area contributed by atoms with E-state index in [4.69, 9.17) is 4.74 Å². The van der Waals surface area contributed by atoms with E-state index in [1.54, 1.807) is 18.9 Å². The van der Waals surface area contributed by atoms with Crippen molar-refractivity contribution in [3.63, 3.8) is 0 Å². The first-order chi connectivity index (χ1) is 10.6. The number of carbonyl (C=O) groups excluding carboxylic acids is 1. The van der Waals surface area contributed by atoms with Crippen LogP contribution in [0.4, 0.5) is 5.69 Å². The van der Waals surface area contributed by atoms with Crippen LogP contribution in [0.2, 0.25) is 0 Å². The number of anilines is 1. The van der Waals surface area contributed by atoms with Crippen molar-refractivity contribution in [1.82, 2.24) is 0 Å². The zero-order valence-electron chi connectivity index (χ0n) is 13.2. The first kappa shape index (κ1) is 16.4. The smallest absolute Gasteiger partial charge is 0.228 e. The molecule has 0 atom stereocenters. The van der Waals surface area contributed by atoms with E-state index in [1.807, 2.05) is 49.4 Å². The van der Waals surface area contributed by atoms with Gasteiger partial charge in [-0.1, -0.05) is 31.2 Å². The van der Waals surface area contributed by atoms with Gasteiger partial charge in [-0.25, -0.2) is 0 Å². The zero-order valence-corrected chi connectivity index (χ0v) is 14.0. The summed E-state index contributed by atoms with van der Waals surface area (Å²) in [7, 11) is 1.65. The lowest BCUT2D eigenvalue weighted by Crippen LogP contribution is -2.15. The number of hydrogen-bond acceptors (Lipinski definition) is 3. The van der Waals surface area contributed by atoms with Gasteiger partial charge in [0, 0.05) is 4.90 Å². The van der Waals surface area contributed by atoms with Gasteiger partial charge in [-0.2, -0.15) is 0 Å². The molecule has 0 aliphatic rings. The standard InChI is InChI=1S/C18H21NO2S/c1-4-22-17-8-6-5-7-15(17)19-18(20)12-14-9-10-16(21-3)13(2)11-14/h5-11H,4,12H2,1-3H3,(H,19,20). The fourth-order valence-corrected chi connectivity index (χ4v) is 3.04. The highest BCUT2D eigenvalue weighted by atomic mass is 32.2. The normalized spacial score (nSPS) is 10.3. The van der Waals surface area contributed by atoms with Gasteiger partial charge in [0.05, 0.1) is 19.2 Å². The summed E-state index contributed by atoms with van der Waals surface area (Å²) in [4.78, 5) is 13.4. The number of hydrogen-bond donors (Lipinski definition) is 1. The van der Waals surface area contributed by atoms with Crippen molar-refractivity contribution in [1.29, 1.82) is 0 Å². The molecule has 116 valence electrons. The van der Waals surface area contributed by atoms with Crippen LogP contribution in [-0.4, -0.2) is 18.8 Å². The van der Waals surface area contributed by atoms with Gasteiger partial charge in [-0.15, -0.1) is 11.8 Å². The Kier molecular flexibility index (Phi) is 5.90. The quantitative estimate of drug-likeness (QED) is 0.808. The molecule has 22 heavy (non-hydrogen) atoms. The number of thioether (sulfide) groups is 1. The summed E-state index contributed by atoms with van der Waals surface area (Å²) in [6.45, 7) is 4.08. The number of nitrogens with one attached hydrogen (secondary N) is 1. The molecule has 0 bridgehead atoms. The van der Waals surface area contributed by atoms with E-state index in [-0.39, 0.29) is 5.91 Å². The predicted molar refractivity (Wildman–Crippen MR) is 92.9 cm³/mol. The van der Waals surface area contributed by atoms with Gasteiger partial charge >= 0.3 is 0 Å². The van der Waals surface area contributed by atoms with Gasteiger partial charge in [-0.3, -0.25) is 4.79 Å². The number of aryl methyl sites for hydroxylation is 1. The Hall–Kier alpha value is -1.94. The minimum absolute atomic E-state index is 0.00581. The number of amides is 1. The molecular weight excluding hydrogens is 294 g/mol. The molecule has 0 aliphatic carbocycles. The molecule has 0 saturated carbocycles. The molecule has 0 heterocycles. The number of benzene rings is 2. The van der Waals surface area contributed by atoms with Gasteiger partial charge in [0.25, 0.3) is 0 Å². The SMILES string of the molecule is CCSc1ccccc1NC(=O)Cc1ccc(OC)c(C)c1. The van der Waals surface area contributed by atoms with Crippen molar-refractivity contribution in [3.8, 4) is 5.75 Å². The lowest BCUT2D eigenvalue weighted by atomic mass is 10.1. The summed E-state index contributed by atoms with van der Waals surface area (Å²) >= 11 is 1.73. The highest BCUT2D eigenvalue weighted by Gasteiger charge is 2.09. The molecule has 2 aromatic carbocycles. The van der Waals surface area contributed by atoms with Crippen LogP contribution in [0.25, 0.3) is 0 Å². The molecular formula is C18H21NO2S. The van der Waals surface area contributed by atoms with Gasteiger partial charge in [0.1, 0.15) is 5.75 Å². The second-order valence-corrected chi connectivity index (χ2v) is 6.26. The Morgan fingerprint density at radius 3 is 2.68 bits per heavy atom. The largest absolute Gasteiger partial charge is 0.496 e. The van der Waals surface area contributed by atoms with Crippen molar-refractivity contribution >= 4 is 23.4 Å². The molecule has 0 saturated heterocycles. The van der Waals surface area contributed by atoms with E-state index in [2.05, 4.69) is 12.2 Å². The van der Waals surface area contributed by atoms with Crippen LogP contribution >= 0.6 is 11.8 Å². The molecule has 0 radical (unpaired) electrons. The first-order valence-electron chi connectivity index (χ1n) is 7.29. The minimum atomic E-state index is -0.00581. The van der Waals surface area contributed by atoms with Gasteiger partial charge in [0.2, 0.25) is 5.91 Å². The second-order valence-electron chi connectivity index (χ2n) is 4.96. The zero-order chi connectivity index (χ0) is 15.9. The Morgan fingerprint density at radius 2 is 2.00 bits per heavy atom. The second kappa shape index (κ2) is 7.90. The molecule has 0 unspecified atom stereocenters. The average Bonchev–Trinajstić information content (AvgIpc) is 2.49. The van der Waals surface area contributed by atoms with Gasteiger partial charge in [0.15, 0.2) is 0 Å². The Bertz CT molecular complexity index is 655. The fraction of sp³-hybridized carbons (Fsp3) is 0.278. The maximum Gasteiger partial charge on any atom is 0.228 e. The van der Waals surface area contributed by atoms with Crippen molar-refractivity contribution < 1.29 is 9.53 Å². The third kappa shape index (κ3) is 4.28. The summed E-state index contributed by atoms with van der Waals surface area (Å²) < 4.78 is 5.24. The Balaban J connectivity index is 2.06. The van der Waals surface area contributed by atoms with Crippen molar-refractivity contribution in [2.24, 2.45) is 0 Å². The summed E-state index contributed by atoms with van der Waals surface area (Å²) in [6, 6.07) is 13.7. The van der Waals surface area contributed by atoms with E-state index in [0.29, 0.717) is 6.42 Å². The van der Waals surface area contributed by atoms with Crippen LogP contribution in [0.1, 0.15) is 18.1 Å². The minimum Gasteiger partial charge on any atom is -0.496 e. The monoisotopic (exact) mass is 315 g/mol. The van der Waals surface area contributed by atoms with Gasteiger partial charge < -0.3 is 10.1 Å². The Labute approximate surface area is 136 Å². The third-order valence-corrected chi connectivity index (χ3v) is 4.24. The number of carbonyl (C=O) groups is 1. The highest BCUT2D eigenvalue weighted by molar-refractivity contribution is 7.99. The molecule has 1 N–H and O–H groups in total. The summed E-state index contributed by atoms with van der Waals surface area (Å²) in [5.41, 5.74) is 2.90. The number of para-hydroxylation sites is 1. The van der Waals surface area contributed by atoms with E-state index in [0.717, 1.165) is 33.2 Å². The average molecular weight is 315 g/mol. The molecule has 1 amide bonds. The molecule has 2 aromatic rings. The summed E-state index contributed by atoms with van der Waals surface area (Å²) in [5.74, 6) is 1.81. The fourth-order valence-electron chi connectivity index (χ4n) is 2.28. The summed E-state index contributed by atoms with van der Waals surface area (Å²) in [6.07, 6.45) is 0.357. The van der Waals surface area contributed by atoms with Crippen LogP contribution in [0, 0.1) is 6.92 Å². The maximum atomic E-state index is 12.3. The molecule has 0 fully saturated rings. The molecule has 3 nitrogen and oxygen atoms in total. The lowest BCUT2D eigenvalue weighted by Gasteiger charge is -2.11. The van der Waals surface area contributed by atoms with Crippen molar-refractivity contribution in [3.05, 3.63) is 53.6 Å². The lowest BCUT2D eigenvalue weighted by molar-refractivity contribution is -0.115. The molecule has 0 aliphatic heterocycles. The van der Waals surface area contributed by atoms with E-state index >= 15 is 0 Å². The summed E-state index contributed by atoms with van der Waals surface area (Å²) in [5, 5.41) is 3.00. The molecule has 0 aromatic heterocycles. The number of rotatable bonds is 6. The van der Waals surface area contributed by atoms with Crippen molar-refractivity contribution in [2.45, 2.75) is 25.2 Å². The Morgan fingerprint density at radius 1 is 1.23 bits per heavy atom. The molecule has 2 rings (SSSR count). The van der Waals surface area contributed by atoms with Crippen LogP contribution in [-0.2, 0) is 11.2 Å². The van der Waals surface area contributed by atoms with E-state index < -0.39 is 0 Å². The van der Waals surface area contributed by atoms with Gasteiger partial charge in [-0.05, 0) is 42.0 Å². The third-order valence-electron chi connectivity index (χ3n) is 3.28. The maximum absolute atomic E-state index is 12.3. The van der Waals surface area contributed by atoms with E-state index in [9.17, 15) is 4.79 Å². The molecule has 4 heteroatoms. The molecule has 0 spiro atoms. The topological polar surface area (TPSA) is 38.3 Å².